The Labute approximate surface area is 160 Å². The summed E-state index contributed by atoms with van der Waals surface area (Å²) in [6.07, 6.45) is 5.49. The molecule has 7 heteroatoms. The fourth-order valence-electron chi connectivity index (χ4n) is 3.46. The van der Waals surface area contributed by atoms with Crippen molar-refractivity contribution in [1.29, 1.82) is 0 Å². The molecule has 27 heavy (non-hydrogen) atoms. The lowest BCUT2D eigenvalue weighted by Crippen LogP contribution is -2.36. The van der Waals surface area contributed by atoms with Gasteiger partial charge in [-0.25, -0.2) is 4.68 Å². The number of carbonyl (C=O) groups is 1. The zero-order chi connectivity index (χ0) is 19.1. The summed E-state index contributed by atoms with van der Waals surface area (Å²) >= 11 is 0. The standard InChI is InChI=1S/C20H29N5O2/c1-2-16-6-8-17(9-7-16)13-24-11-3-5-18(14-24)25-15-19(22-23-25)20(27)21-10-4-12-26/h6-9,15,18,26H,2-5,10-14H2,1H3,(H,21,27)/t18-/m1/s1. The van der Waals surface area contributed by atoms with Crippen LogP contribution in [0.2, 0.25) is 0 Å². The molecule has 2 N–H and O–H groups in total. The van der Waals surface area contributed by atoms with Crippen molar-refractivity contribution in [3.8, 4) is 0 Å². The highest BCUT2D eigenvalue weighted by atomic mass is 16.3. The van der Waals surface area contributed by atoms with E-state index in [-0.39, 0.29) is 18.6 Å². The van der Waals surface area contributed by atoms with E-state index in [1.165, 1.54) is 11.1 Å². The molecule has 1 saturated heterocycles. The number of aliphatic hydroxyl groups excluding tert-OH is 1. The highest BCUT2D eigenvalue weighted by Crippen LogP contribution is 2.22. The van der Waals surface area contributed by atoms with Crippen molar-refractivity contribution in [2.45, 2.75) is 45.2 Å². The predicted molar refractivity (Wildman–Crippen MR) is 103 cm³/mol. The summed E-state index contributed by atoms with van der Waals surface area (Å²) < 4.78 is 1.83. The normalized spacial score (nSPS) is 17.8. The van der Waals surface area contributed by atoms with Gasteiger partial charge in [0.25, 0.3) is 5.91 Å². The number of likely N-dealkylation sites (tertiary alicyclic amines) is 1. The van der Waals surface area contributed by atoms with E-state index in [0.717, 1.165) is 38.9 Å². The molecule has 0 radical (unpaired) electrons. The average molecular weight is 371 g/mol. The monoisotopic (exact) mass is 371 g/mol. The number of hydrogen-bond donors (Lipinski definition) is 2. The number of benzene rings is 1. The number of aromatic nitrogens is 3. The van der Waals surface area contributed by atoms with Crippen LogP contribution >= 0.6 is 0 Å². The summed E-state index contributed by atoms with van der Waals surface area (Å²) in [4.78, 5) is 14.5. The molecular weight excluding hydrogens is 342 g/mol. The van der Waals surface area contributed by atoms with Crippen molar-refractivity contribution in [2.75, 3.05) is 26.2 Å². The van der Waals surface area contributed by atoms with Crippen LogP contribution in [0.3, 0.4) is 0 Å². The quantitative estimate of drug-likeness (QED) is 0.691. The molecule has 0 spiro atoms. The highest BCUT2D eigenvalue weighted by Gasteiger charge is 2.23. The molecule has 0 unspecified atom stereocenters. The number of carbonyl (C=O) groups excluding carboxylic acids is 1. The minimum absolute atomic E-state index is 0.0616. The second kappa shape index (κ2) is 9.62. The molecule has 7 nitrogen and oxygen atoms in total. The van der Waals surface area contributed by atoms with Gasteiger partial charge in [0.2, 0.25) is 0 Å². The zero-order valence-corrected chi connectivity index (χ0v) is 16.0. The van der Waals surface area contributed by atoms with Gasteiger partial charge in [-0.1, -0.05) is 36.4 Å². The number of nitrogens with zero attached hydrogens (tertiary/aromatic N) is 4. The minimum Gasteiger partial charge on any atom is -0.396 e. The van der Waals surface area contributed by atoms with E-state index in [4.69, 9.17) is 5.11 Å². The van der Waals surface area contributed by atoms with Gasteiger partial charge in [-0.2, -0.15) is 0 Å². The van der Waals surface area contributed by atoms with E-state index in [9.17, 15) is 4.79 Å². The second-order valence-electron chi connectivity index (χ2n) is 7.12. The predicted octanol–water partition coefficient (Wildman–Crippen LogP) is 1.79. The van der Waals surface area contributed by atoms with Crippen LogP contribution in [0.25, 0.3) is 0 Å². The van der Waals surface area contributed by atoms with Gasteiger partial charge in [0.15, 0.2) is 5.69 Å². The number of piperidine rings is 1. The first kappa shape index (κ1) is 19.5. The fourth-order valence-corrected chi connectivity index (χ4v) is 3.46. The number of aliphatic hydroxyl groups is 1. The van der Waals surface area contributed by atoms with Crippen LogP contribution in [0.4, 0.5) is 0 Å². The molecule has 2 aromatic rings. The minimum atomic E-state index is -0.238. The summed E-state index contributed by atoms with van der Waals surface area (Å²) in [7, 11) is 0. The average Bonchev–Trinajstić information content (AvgIpc) is 3.19. The molecule has 2 heterocycles. The molecule has 0 saturated carbocycles. The van der Waals surface area contributed by atoms with Gasteiger partial charge in [0, 0.05) is 26.2 Å². The lowest BCUT2D eigenvalue weighted by atomic mass is 10.0. The molecule has 146 valence electrons. The Morgan fingerprint density at radius 2 is 2.07 bits per heavy atom. The van der Waals surface area contributed by atoms with Gasteiger partial charge in [0.1, 0.15) is 0 Å². The third-order valence-electron chi connectivity index (χ3n) is 5.06. The Kier molecular flexibility index (Phi) is 6.95. The first-order valence-electron chi connectivity index (χ1n) is 9.80. The number of rotatable bonds is 8. The van der Waals surface area contributed by atoms with Gasteiger partial charge in [-0.3, -0.25) is 9.69 Å². The van der Waals surface area contributed by atoms with Crippen molar-refractivity contribution in [2.24, 2.45) is 0 Å². The maximum absolute atomic E-state index is 12.1. The SMILES string of the molecule is CCc1ccc(CN2CCC[C@@H](n3cc(C(=O)NCCCO)nn3)C2)cc1. The molecule has 1 aliphatic rings. The molecule has 1 amide bonds. The first-order chi connectivity index (χ1) is 13.2. The van der Waals surface area contributed by atoms with E-state index < -0.39 is 0 Å². The smallest absolute Gasteiger partial charge is 0.273 e. The van der Waals surface area contributed by atoms with E-state index in [2.05, 4.69) is 51.7 Å². The highest BCUT2D eigenvalue weighted by molar-refractivity contribution is 5.91. The number of nitrogens with one attached hydrogen (secondary N) is 1. The Morgan fingerprint density at radius 3 is 2.81 bits per heavy atom. The van der Waals surface area contributed by atoms with Crippen LogP contribution in [0.15, 0.2) is 30.5 Å². The van der Waals surface area contributed by atoms with Crippen LogP contribution < -0.4 is 5.32 Å². The largest absolute Gasteiger partial charge is 0.396 e. The third kappa shape index (κ3) is 5.37. The van der Waals surface area contributed by atoms with Crippen LogP contribution in [0, 0.1) is 0 Å². The van der Waals surface area contributed by atoms with Crippen LogP contribution in [0.5, 0.6) is 0 Å². The number of aryl methyl sites for hydroxylation is 1. The molecule has 1 aromatic carbocycles. The van der Waals surface area contributed by atoms with Gasteiger partial charge < -0.3 is 10.4 Å². The third-order valence-corrected chi connectivity index (χ3v) is 5.06. The van der Waals surface area contributed by atoms with Crippen LogP contribution in [0.1, 0.15) is 53.8 Å². The molecule has 1 aromatic heterocycles. The second-order valence-corrected chi connectivity index (χ2v) is 7.12. The van der Waals surface area contributed by atoms with Gasteiger partial charge in [-0.05, 0) is 43.4 Å². The summed E-state index contributed by atoms with van der Waals surface area (Å²) in [6, 6.07) is 9.07. The molecule has 0 aliphatic carbocycles. The lowest BCUT2D eigenvalue weighted by Gasteiger charge is -2.32. The van der Waals surface area contributed by atoms with Crippen molar-refractivity contribution >= 4 is 5.91 Å². The lowest BCUT2D eigenvalue weighted by molar-refractivity contribution is 0.0946. The van der Waals surface area contributed by atoms with E-state index in [1.807, 2.05) is 4.68 Å². The van der Waals surface area contributed by atoms with E-state index in [0.29, 0.717) is 18.7 Å². The zero-order valence-electron chi connectivity index (χ0n) is 16.0. The van der Waals surface area contributed by atoms with Crippen molar-refractivity contribution < 1.29 is 9.90 Å². The van der Waals surface area contributed by atoms with Crippen LogP contribution in [-0.2, 0) is 13.0 Å². The molecular formula is C20H29N5O2. The Hall–Kier alpha value is -2.25. The summed E-state index contributed by atoms with van der Waals surface area (Å²) in [5.74, 6) is -0.238. The Bertz CT molecular complexity index is 728. The van der Waals surface area contributed by atoms with E-state index in [1.54, 1.807) is 6.20 Å². The molecule has 3 rings (SSSR count). The summed E-state index contributed by atoms with van der Waals surface area (Å²) in [5, 5.41) is 19.7. The molecule has 1 fully saturated rings. The van der Waals surface area contributed by atoms with Gasteiger partial charge in [0.05, 0.1) is 12.2 Å². The van der Waals surface area contributed by atoms with E-state index >= 15 is 0 Å². The summed E-state index contributed by atoms with van der Waals surface area (Å²) in [5.41, 5.74) is 3.03. The van der Waals surface area contributed by atoms with Crippen molar-refractivity contribution in [3.05, 3.63) is 47.3 Å². The maximum atomic E-state index is 12.1. The number of amides is 1. The first-order valence-corrected chi connectivity index (χ1v) is 9.80. The van der Waals surface area contributed by atoms with Crippen molar-refractivity contribution in [1.82, 2.24) is 25.2 Å². The van der Waals surface area contributed by atoms with Crippen molar-refractivity contribution in [3.63, 3.8) is 0 Å². The molecule has 1 atom stereocenters. The Morgan fingerprint density at radius 1 is 1.30 bits per heavy atom. The Balaban J connectivity index is 1.56. The topological polar surface area (TPSA) is 83.3 Å². The molecule has 0 bridgehead atoms. The number of hydrogen-bond acceptors (Lipinski definition) is 5. The van der Waals surface area contributed by atoms with Crippen LogP contribution in [-0.4, -0.2) is 57.1 Å². The molecule has 1 aliphatic heterocycles. The fraction of sp³-hybridized carbons (Fsp3) is 0.550. The maximum Gasteiger partial charge on any atom is 0.273 e. The summed E-state index contributed by atoms with van der Waals surface area (Å²) in [6.45, 7) is 5.59. The van der Waals surface area contributed by atoms with Gasteiger partial charge >= 0.3 is 0 Å². The van der Waals surface area contributed by atoms with Gasteiger partial charge in [-0.15, -0.1) is 5.10 Å².